The molecule has 1 amide bonds. The molecule has 1 saturated heterocycles. The number of hydrogen-bond acceptors (Lipinski definition) is 6. The topological polar surface area (TPSA) is 113 Å². The summed E-state index contributed by atoms with van der Waals surface area (Å²) in [7, 11) is -7.39. The molecule has 0 saturated carbocycles. The standard InChI is InChI=1S/C22H29N3O6S2/c1-16-5-8-20(15-17(16)2)25(32(4,27)28)18(3)22(26)23-19-6-9-21(10-7-19)33(29,30)24-11-13-31-14-12-24/h5-10,15,18H,11-14H2,1-4H3,(H,23,26)/t18-/m1/s1. The van der Waals surface area contributed by atoms with Gasteiger partial charge in [-0.1, -0.05) is 6.07 Å². The van der Waals surface area contributed by atoms with Gasteiger partial charge in [-0.2, -0.15) is 4.31 Å². The van der Waals surface area contributed by atoms with Crippen LogP contribution in [0.4, 0.5) is 11.4 Å². The Morgan fingerprint density at radius 1 is 1.00 bits per heavy atom. The highest BCUT2D eigenvalue weighted by Gasteiger charge is 2.30. The Hall–Kier alpha value is -2.47. The highest BCUT2D eigenvalue weighted by Crippen LogP contribution is 2.25. The number of carbonyl (C=O) groups excluding carboxylic acids is 1. The van der Waals surface area contributed by atoms with Crippen molar-refractivity contribution >= 4 is 37.3 Å². The van der Waals surface area contributed by atoms with Gasteiger partial charge in [0.15, 0.2) is 0 Å². The monoisotopic (exact) mass is 495 g/mol. The zero-order valence-corrected chi connectivity index (χ0v) is 20.7. The number of morpholine rings is 1. The van der Waals surface area contributed by atoms with E-state index >= 15 is 0 Å². The molecule has 0 bridgehead atoms. The van der Waals surface area contributed by atoms with E-state index in [1.165, 1.54) is 35.5 Å². The molecule has 1 aliphatic rings. The number of nitrogens with one attached hydrogen (secondary N) is 1. The van der Waals surface area contributed by atoms with E-state index in [0.29, 0.717) is 24.6 Å². The minimum Gasteiger partial charge on any atom is -0.379 e. The summed E-state index contributed by atoms with van der Waals surface area (Å²) >= 11 is 0. The number of carbonyl (C=O) groups is 1. The van der Waals surface area contributed by atoms with Gasteiger partial charge in [-0.3, -0.25) is 9.10 Å². The maximum Gasteiger partial charge on any atom is 0.247 e. The average molecular weight is 496 g/mol. The summed E-state index contributed by atoms with van der Waals surface area (Å²) in [5, 5.41) is 2.67. The Labute approximate surface area is 195 Å². The quantitative estimate of drug-likeness (QED) is 0.630. The lowest BCUT2D eigenvalue weighted by Gasteiger charge is -2.29. The van der Waals surface area contributed by atoms with E-state index in [9.17, 15) is 21.6 Å². The summed E-state index contributed by atoms with van der Waals surface area (Å²) in [5.41, 5.74) is 2.68. The average Bonchev–Trinajstić information content (AvgIpc) is 2.76. The number of amides is 1. The van der Waals surface area contributed by atoms with Crippen LogP contribution in [0, 0.1) is 13.8 Å². The molecule has 180 valence electrons. The lowest BCUT2D eigenvalue weighted by molar-refractivity contribution is -0.116. The Balaban J connectivity index is 1.78. The number of sulfonamides is 2. The fraction of sp³-hybridized carbons (Fsp3) is 0.409. The Morgan fingerprint density at radius 3 is 2.15 bits per heavy atom. The fourth-order valence-corrected chi connectivity index (χ4v) is 6.14. The highest BCUT2D eigenvalue weighted by atomic mass is 32.2. The van der Waals surface area contributed by atoms with Gasteiger partial charge >= 0.3 is 0 Å². The zero-order valence-electron chi connectivity index (χ0n) is 19.1. The van der Waals surface area contributed by atoms with Crippen LogP contribution in [0.1, 0.15) is 18.1 Å². The summed E-state index contributed by atoms with van der Waals surface area (Å²) in [4.78, 5) is 13.0. The first-order chi connectivity index (χ1) is 15.4. The van der Waals surface area contributed by atoms with Crippen molar-refractivity contribution in [3.63, 3.8) is 0 Å². The van der Waals surface area contributed by atoms with Gasteiger partial charge in [0.2, 0.25) is 26.0 Å². The van der Waals surface area contributed by atoms with E-state index < -0.39 is 32.0 Å². The predicted octanol–water partition coefficient (Wildman–Crippen LogP) is 2.12. The third-order valence-electron chi connectivity index (χ3n) is 5.56. The first-order valence-corrected chi connectivity index (χ1v) is 13.8. The SMILES string of the molecule is Cc1ccc(N([C@H](C)C(=O)Nc2ccc(S(=O)(=O)N3CCOCC3)cc2)S(C)(=O)=O)cc1C. The van der Waals surface area contributed by atoms with E-state index in [-0.39, 0.29) is 18.0 Å². The number of benzene rings is 2. The zero-order chi connectivity index (χ0) is 24.4. The molecule has 1 fully saturated rings. The predicted molar refractivity (Wildman–Crippen MR) is 127 cm³/mol. The molecule has 0 radical (unpaired) electrons. The molecule has 0 aliphatic carbocycles. The summed E-state index contributed by atoms with van der Waals surface area (Å²) in [6.07, 6.45) is 1.05. The molecule has 1 atom stereocenters. The van der Waals surface area contributed by atoms with Crippen molar-refractivity contribution in [1.82, 2.24) is 4.31 Å². The van der Waals surface area contributed by atoms with Crippen molar-refractivity contribution in [2.24, 2.45) is 0 Å². The maximum absolute atomic E-state index is 12.9. The molecule has 9 nitrogen and oxygen atoms in total. The fourth-order valence-electron chi connectivity index (χ4n) is 3.56. The summed E-state index contributed by atoms with van der Waals surface area (Å²) < 4.78 is 58.1. The van der Waals surface area contributed by atoms with Crippen molar-refractivity contribution in [2.45, 2.75) is 31.7 Å². The van der Waals surface area contributed by atoms with Crippen LogP contribution >= 0.6 is 0 Å². The minimum absolute atomic E-state index is 0.114. The van der Waals surface area contributed by atoms with Crippen LogP contribution in [0.15, 0.2) is 47.4 Å². The molecule has 11 heteroatoms. The second-order valence-electron chi connectivity index (χ2n) is 8.03. The second kappa shape index (κ2) is 9.80. The molecule has 0 unspecified atom stereocenters. The Morgan fingerprint density at radius 2 is 1.61 bits per heavy atom. The van der Waals surface area contributed by atoms with Gasteiger partial charge in [-0.05, 0) is 68.3 Å². The number of nitrogens with zero attached hydrogens (tertiary/aromatic N) is 2. The van der Waals surface area contributed by atoms with E-state index in [4.69, 9.17) is 4.74 Å². The van der Waals surface area contributed by atoms with Crippen molar-refractivity contribution in [2.75, 3.05) is 42.2 Å². The normalized spacial score (nSPS) is 16.2. The lowest BCUT2D eigenvalue weighted by Crippen LogP contribution is -2.45. The number of aryl methyl sites for hydroxylation is 2. The number of hydrogen-bond donors (Lipinski definition) is 1. The molecule has 2 aromatic rings. The summed E-state index contributed by atoms with van der Waals surface area (Å²) in [6.45, 7) is 6.57. The van der Waals surface area contributed by atoms with Crippen molar-refractivity contribution < 1.29 is 26.4 Å². The van der Waals surface area contributed by atoms with Crippen LogP contribution < -0.4 is 9.62 Å². The number of rotatable bonds is 7. The van der Waals surface area contributed by atoms with E-state index in [2.05, 4.69) is 5.32 Å². The van der Waals surface area contributed by atoms with Crippen molar-refractivity contribution in [1.29, 1.82) is 0 Å². The summed E-state index contributed by atoms with van der Waals surface area (Å²) in [6, 6.07) is 9.98. The third-order valence-corrected chi connectivity index (χ3v) is 8.72. The first-order valence-electron chi connectivity index (χ1n) is 10.5. The largest absolute Gasteiger partial charge is 0.379 e. The minimum atomic E-state index is -3.75. The molecular formula is C22H29N3O6S2. The molecular weight excluding hydrogens is 466 g/mol. The van der Waals surface area contributed by atoms with Crippen molar-refractivity contribution in [3.8, 4) is 0 Å². The third kappa shape index (κ3) is 5.72. The molecule has 3 rings (SSSR count). The van der Waals surface area contributed by atoms with Crippen LogP contribution in [-0.4, -0.2) is 65.6 Å². The van der Waals surface area contributed by atoms with Gasteiger partial charge in [-0.15, -0.1) is 0 Å². The smallest absolute Gasteiger partial charge is 0.247 e. The second-order valence-corrected chi connectivity index (χ2v) is 11.8. The maximum atomic E-state index is 12.9. The number of anilines is 2. The Bertz CT molecular complexity index is 1220. The van der Waals surface area contributed by atoms with Crippen LogP contribution in [-0.2, 0) is 29.6 Å². The molecule has 0 spiro atoms. The van der Waals surface area contributed by atoms with Crippen molar-refractivity contribution in [3.05, 3.63) is 53.6 Å². The molecule has 33 heavy (non-hydrogen) atoms. The molecule has 1 N–H and O–H groups in total. The Kier molecular flexibility index (Phi) is 7.47. The van der Waals surface area contributed by atoms with Gasteiger partial charge in [0.05, 0.1) is 30.1 Å². The van der Waals surface area contributed by atoms with Crippen LogP contribution in [0.25, 0.3) is 0 Å². The molecule has 2 aromatic carbocycles. The summed E-state index contributed by atoms with van der Waals surface area (Å²) in [5.74, 6) is -0.539. The van der Waals surface area contributed by atoms with Crippen LogP contribution in [0.3, 0.4) is 0 Å². The molecule has 1 aliphatic heterocycles. The van der Waals surface area contributed by atoms with E-state index in [1.807, 2.05) is 13.8 Å². The lowest BCUT2D eigenvalue weighted by atomic mass is 10.1. The highest BCUT2D eigenvalue weighted by molar-refractivity contribution is 7.92. The van der Waals surface area contributed by atoms with Crippen LogP contribution in [0.5, 0.6) is 0 Å². The van der Waals surface area contributed by atoms with Gasteiger partial charge in [0.1, 0.15) is 6.04 Å². The molecule has 1 heterocycles. The van der Waals surface area contributed by atoms with Crippen LogP contribution in [0.2, 0.25) is 0 Å². The van der Waals surface area contributed by atoms with Gasteiger partial charge in [-0.25, -0.2) is 16.8 Å². The van der Waals surface area contributed by atoms with E-state index in [1.54, 1.807) is 18.2 Å². The van der Waals surface area contributed by atoms with Gasteiger partial charge in [0, 0.05) is 18.8 Å². The first kappa shape index (κ1) is 25.2. The van der Waals surface area contributed by atoms with Gasteiger partial charge < -0.3 is 10.1 Å². The van der Waals surface area contributed by atoms with E-state index in [0.717, 1.165) is 21.7 Å². The van der Waals surface area contributed by atoms with Gasteiger partial charge in [0.25, 0.3) is 0 Å². The molecule has 0 aromatic heterocycles. The number of ether oxygens (including phenoxy) is 1.